The molecule has 0 fully saturated rings. The molecule has 2 heteroatoms. The van der Waals surface area contributed by atoms with Gasteiger partial charge in [-0.2, -0.15) is 12.6 Å². The molecule has 1 nitrogen and oxygen atoms in total. The number of hydrogen-bond acceptors (Lipinski definition) is 2. The predicted octanol–water partition coefficient (Wildman–Crippen LogP) is 3.29. The van der Waals surface area contributed by atoms with Crippen molar-refractivity contribution in [3.05, 3.63) is 0 Å². The quantitative estimate of drug-likeness (QED) is 0.456. The molecule has 0 aromatic heterocycles. The Morgan fingerprint density at radius 2 is 1.92 bits per heavy atom. The first-order chi connectivity index (χ1) is 5.81. The Bertz CT molecular complexity index is 85.9. The summed E-state index contributed by atoms with van der Waals surface area (Å²) in [6, 6.07) is 0. The van der Waals surface area contributed by atoms with Crippen molar-refractivity contribution in [1.29, 1.82) is 0 Å². The fraction of sp³-hybridized carbons (Fsp3) is 1.00. The SMILES string of the molecule is CCCCCCOCC(S)CC. The molecule has 0 aromatic rings. The van der Waals surface area contributed by atoms with Gasteiger partial charge in [0, 0.05) is 11.9 Å². The minimum absolute atomic E-state index is 0.427. The van der Waals surface area contributed by atoms with Gasteiger partial charge < -0.3 is 4.74 Å². The summed E-state index contributed by atoms with van der Waals surface area (Å²) in [6.07, 6.45) is 6.24. The van der Waals surface area contributed by atoms with Crippen molar-refractivity contribution in [2.75, 3.05) is 13.2 Å². The first kappa shape index (κ1) is 12.3. The first-order valence-corrected chi connectivity index (χ1v) is 5.58. The second-order valence-electron chi connectivity index (χ2n) is 3.20. The van der Waals surface area contributed by atoms with Crippen LogP contribution in [0.5, 0.6) is 0 Å². The lowest BCUT2D eigenvalue weighted by Gasteiger charge is -2.08. The number of hydrogen-bond donors (Lipinski definition) is 1. The summed E-state index contributed by atoms with van der Waals surface area (Å²) >= 11 is 4.35. The maximum atomic E-state index is 5.46. The number of unbranched alkanes of at least 4 members (excludes halogenated alkanes) is 3. The second kappa shape index (κ2) is 9.40. The van der Waals surface area contributed by atoms with Crippen LogP contribution in [0.4, 0.5) is 0 Å². The molecular formula is C10H22OS. The molecule has 12 heavy (non-hydrogen) atoms. The highest BCUT2D eigenvalue weighted by Crippen LogP contribution is 2.03. The third kappa shape index (κ3) is 8.41. The fourth-order valence-electron chi connectivity index (χ4n) is 0.968. The van der Waals surface area contributed by atoms with E-state index in [1.165, 1.54) is 25.7 Å². The first-order valence-electron chi connectivity index (χ1n) is 5.07. The lowest BCUT2D eigenvalue weighted by atomic mass is 10.2. The van der Waals surface area contributed by atoms with Gasteiger partial charge in [0.05, 0.1) is 6.61 Å². The zero-order chi connectivity index (χ0) is 9.23. The summed E-state index contributed by atoms with van der Waals surface area (Å²) in [5.41, 5.74) is 0. The van der Waals surface area contributed by atoms with Crippen molar-refractivity contribution in [1.82, 2.24) is 0 Å². The van der Waals surface area contributed by atoms with Crippen LogP contribution in [0, 0.1) is 0 Å². The molecule has 0 heterocycles. The zero-order valence-electron chi connectivity index (χ0n) is 8.38. The van der Waals surface area contributed by atoms with Crippen LogP contribution in [-0.4, -0.2) is 18.5 Å². The summed E-state index contributed by atoms with van der Waals surface area (Å²) < 4.78 is 5.46. The van der Waals surface area contributed by atoms with Gasteiger partial charge in [0.15, 0.2) is 0 Å². The standard InChI is InChI=1S/C10H22OS/c1-3-5-6-7-8-11-9-10(12)4-2/h10,12H,3-9H2,1-2H3. The van der Waals surface area contributed by atoms with Crippen molar-refractivity contribution in [2.45, 2.75) is 51.2 Å². The molecule has 0 saturated carbocycles. The third-order valence-electron chi connectivity index (χ3n) is 1.92. The highest BCUT2D eigenvalue weighted by Gasteiger charge is 1.98. The van der Waals surface area contributed by atoms with Crippen LogP contribution in [0.3, 0.4) is 0 Å². The van der Waals surface area contributed by atoms with Crippen LogP contribution < -0.4 is 0 Å². The maximum absolute atomic E-state index is 5.46. The largest absolute Gasteiger partial charge is 0.380 e. The normalized spacial score (nSPS) is 13.2. The molecule has 1 unspecified atom stereocenters. The van der Waals surface area contributed by atoms with E-state index in [2.05, 4.69) is 26.5 Å². The Balaban J connectivity index is 2.90. The highest BCUT2D eigenvalue weighted by molar-refractivity contribution is 7.81. The Morgan fingerprint density at radius 3 is 2.50 bits per heavy atom. The van der Waals surface area contributed by atoms with E-state index >= 15 is 0 Å². The van der Waals surface area contributed by atoms with E-state index in [0.29, 0.717) is 5.25 Å². The third-order valence-corrected chi connectivity index (χ3v) is 2.44. The van der Waals surface area contributed by atoms with Crippen molar-refractivity contribution in [2.24, 2.45) is 0 Å². The van der Waals surface area contributed by atoms with Crippen molar-refractivity contribution in [3.8, 4) is 0 Å². The minimum Gasteiger partial charge on any atom is -0.380 e. The van der Waals surface area contributed by atoms with Gasteiger partial charge in [-0.05, 0) is 12.8 Å². The lowest BCUT2D eigenvalue weighted by Crippen LogP contribution is -2.08. The summed E-state index contributed by atoms with van der Waals surface area (Å²) in [5.74, 6) is 0. The number of rotatable bonds is 8. The van der Waals surface area contributed by atoms with E-state index in [9.17, 15) is 0 Å². The molecule has 0 aliphatic heterocycles. The Morgan fingerprint density at radius 1 is 1.17 bits per heavy atom. The second-order valence-corrected chi connectivity index (χ2v) is 3.93. The summed E-state index contributed by atoms with van der Waals surface area (Å²) in [6.45, 7) is 6.09. The van der Waals surface area contributed by atoms with E-state index < -0.39 is 0 Å². The molecule has 0 spiro atoms. The van der Waals surface area contributed by atoms with E-state index in [0.717, 1.165) is 19.6 Å². The van der Waals surface area contributed by atoms with Crippen LogP contribution in [0.15, 0.2) is 0 Å². The van der Waals surface area contributed by atoms with E-state index in [4.69, 9.17) is 4.74 Å². The summed E-state index contributed by atoms with van der Waals surface area (Å²) in [7, 11) is 0. The van der Waals surface area contributed by atoms with Crippen molar-refractivity contribution < 1.29 is 4.74 Å². The van der Waals surface area contributed by atoms with Gasteiger partial charge in [0.25, 0.3) is 0 Å². The van der Waals surface area contributed by atoms with Gasteiger partial charge in [0.1, 0.15) is 0 Å². The van der Waals surface area contributed by atoms with Gasteiger partial charge >= 0.3 is 0 Å². The molecule has 0 rings (SSSR count). The molecule has 0 bridgehead atoms. The average Bonchev–Trinajstić information content (AvgIpc) is 2.10. The van der Waals surface area contributed by atoms with Crippen LogP contribution >= 0.6 is 12.6 Å². The molecule has 0 aliphatic rings. The Kier molecular flexibility index (Phi) is 9.64. The molecule has 74 valence electrons. The Hall–Kier alpha value is 0.310. The van der Waals surface area contributed by atoms with Crippen molar-refractivity contribution >= 4 is 12.6 Å². The molecule has 0 N–H and O–H groups in total. The van der Waals surface area contributed by atoms with Gasteiger partial charge in [0.2, 0.25) is 0 Å². The molecule has 1 atom stereocenters. The lowest BCUT2D eigenvalue weighted by molar-refractivity contribution is 0.130. The molecule has 0 radical (unpaired) electrons. The van der Waals surface area contributed by atoms with Crippen molar-refractivity contribution in [3.63, 3.8) is 0 Å². The monoisotopic (exact) mass is 190 g/mol. The number of ether oxygens (including phenoxy) is 1. The van der Waals surface area contributed by atoms with Crippen LogP contribution in [0.1, 0.15) is 46.0 Å². The average molecular weight is 190 g/mol. The molecule has 0 saturated heterocycles. The maximum Gasteiger partial charge on any atom is 0.0582 e. The van der Waals surface area contributed by atoms with Crippen LogP contribution in [-0.2, 0) is 4.74 Å². The van der Waals surface area contributed by atoms with E-state index in [-0.39, 0.29) is 0 Å². The van der Waals surface area contributed by atoms with Gasteiger partial charge in [-0.25, -0.2) is 0 Å². The zero-order valence-corrected chi connectivity index (χ0v) is 9.28. The number of thiol groups is 1. The van der Waals surface area contributed by atoms with Crippen LogP contribution in [0.2, 0.25) is 0 Å². The van der Waals surface area contributed by atoms with E-state index in [1.807, 2.05) is 0 Å². The predicted molar refractivity (Wildman–Crippen MR) is 58.0 cm³/mol. The molecular weight excluding hydrogens is 168 g/mol. The van der Waals surface area contributed by atoms with Gasteiger partial charge in [-0.3, -0.25) is 0 Å². The highest BCUT2D eigenvalue weighted by atomic mass is 32.1. The topological polar surface area (TPSA) is 9.23 Å². The van der Waals surface area contributed by atoms with Gasteiger partial charge in [-0.15, -0.1) is 0 Å². The molecule has 0 amide bonds. The molecule has 0 aromatic carbocycles. The van der Waals surface area contributed by atoms with Gasteiger partial charge in [-0.1, -0.05) is 33.1 Å². The summed E-state index contributed by atoms with van der Waals surface area (Å²) in [4.78, 5) is 0. The Labute approximate surface area is 82.3 Å². The smallest absolute Gasteiger partial charge is 0.0582 e. The minimum atomic E-state index is 0.427. The summed E-state index contributed by atoms with van der Waals surface area (Å²) in [5, 5.41) is 0.427. The van der Waals surface area contributed by atoms with E-state index in [1.54, 1.807) is 0 Å². The van der Waals surface area contributed by atoms with Crippen LogP contribution in [0.25, 0.3) is 0 Å². The fourth-order valence-corrected chi connectivity index (χ4v) is 1.07. The molecule has 0 aliphatic carbocycles.